The highest BCUT2D eigenvalue weighted by Crippen LogP contribution is 2.30. The zero-order valence-corrected chi connectivity index (χ0v) is 11.1. The highest BCUT2D eigenvalue weighted by molar-refractivity contribution is 6.33. The smallest absolute Gasteiger partial charge is 0.152 e. The number of carbonyl (C=O) groups is 1. The number of rotatable bonds is 4. The van der Waals surface area contributed by atoms with Gasteiger partial charge in [-0.25, -0.2) is 0 Å². The van der Waals surface area contributed by atoms with E-state index in [4.69, 9.17) is 16.3 Å². The standard InChI is InChI=1S/C14H16ClNO2/c1-18-10-11-5-7-16(8-6-11)14-12(9-17)3-2-4-13(14)15/h2-5,9H,6-8,10H2,1H3. The number of hydrogen-bond donors (Lipinski definition) is 0. The van der Waals surface area contributed by atoms with E-state index >= 15 is 0 Å². The molecule has 0 unspecified atom stereocenters. The molecule has 0 fully saturated rings. The van der Waals surface area contributed by atoms with Gasteiger partial charge >= 0.3 is 0 Å². The van der Waals surface area contributed by atoms with E-state index in [1.165, 1.54) is 5.57 Å². The molecule has 18 heavy (non-hydrogen) atoms. The van der Waals surface area contributed by atoms with Gasteiger partial charge in [0.2, 0.25) is 0 Å². The first-order chi connectivity index (χ1) is 8.76. The topological polar surface area (TPSA) is 29.5 Å². The number of hydrogen-bond acceptors (Lipinski definition) is 3. The Bertz CT molecular complexity index is 471. The maximum absolute atomic E-state index is 11.1. The lowest BCUT2D eigenvalue weighted by molar-refractivity contribution is 0.112. The normalized spacial score (nSPS) is 15.4. The molecule has 0 atom stereocenters. The molecule has 0 amide bonds. The Hall–Kier alpha value is -1.32. The number of benzene rings is 1. The quantitative estimate of drug-likeness (QED) is 0.619. The fraction of sp³-hybridized carbons (Fsp3) is 0.357. The zero-order chi connectivity index (χ0) is 13.0. The molecule has 2 rings (SSSR count). The van der Waals surface area contributed by atoms with E-state index in [0.717, 1.165) is 31.5 Å². The summed E-state index contributed by atoms with van der Waals surface area (Å²) >= 11 is 6.19. The van der Waals surface area contributed by atoms with Crippen LogP contribution in [-0.2, 0) is 4.74 Å². The van der Waals surface area contributed by atoms with Gasteiger partial charge in [-0.15, -0.1) is 0 Å². The van der Waals surface area contributed by atoms with E-state index < -0.39 is 0 Å². The van der Waals surface area contributed by atoms with Crippen molar-refractivity contribution in [1.29, 1.82) is 0 Å². The van der Waals surface area contributed by atoms with Crippen molar-refractivity contribution >= 4 is 23.6 Å². The summed E-state index contributed by atoms with van der Waals surface area (Å²) in [5.41, 5.74) is 2.78. The second-order valence-electron chi connectivity index (χ2n) is 4.29. The zero-order valence-electron chi connectivity index (χ0n) is 10.4. The molecule has 1 aromatic rings. The number of halogens is 1. The number of para-hydroxylation sites is 1. The summed E-state index contributed by atoms with van der Waals surface area (Å²) in [5, 5.41) is 0.628. The molecule has 0 N–H and O–H groups in total. The summed E-state index contributed by atoms with van der Waals surface area (Å²) in [6, 6.07) is 5.41. The van der Waals surface area contributed by atoms with Crippen LogP contribution in [0.25, 0.3) is 0 Å². The predicted molar refractivity (Wildman–Crippen MR) is 73.6 cm³/mol. The minimum absolute atomic E-state index is 0.628. The average molecular weight is 266 g/mol. The van der Waals surface area contributed by atoms with Crippen LogP contribution >= 0.6 is 11.6 Å². The number of carbonyl (C=O) groups excluding carboxylic acids is 1. The SMILES string of the molecule is COCC1=CCN(c2c(Cl)cccc2C=O)CC1. The van der Waals surface area contributed by atoms with E-state index in [1.807, 2.05) is 6.07 Å². The van der Waals surface area contributed by atoms with Crippen molar-refractivity contribution in [3.8, 4) is 0 Å². The first-order valence-electron chi connectivity index (χ1n) is 5.91. The van der Waals surface area contributed by atoms with Gasteiger partial charge in [0.15, 0.2) is 6.29 Å². The molecule has 0 saturated carbocycles. The lowest BCUT2D eigenvalue weighted by Gasteiger charge is -2.30. The Morgan fingerprint density at radius 2 is 2.33 bits per heavy atom. The van der Waals surface area contributed by atoms with E-state index in [9.17, 15) is 4.79 Å². The average Bonchev–Trinajstić information content (AvgIpc) is 2.40. The summed E-state index contributed by atoms with van der Waals surface area (Å²) < 4.78 is 5.12. The molecule has 0 saturated heterocycles. The molecule has 3 nitrogen and oxygen atoms in total. The molecule has 96 valence electrons. The lowest BCUT2D eigenvalue weighted by Crippen LogP contribution is -2.30. The first kappa shape index (κ1) is 13.1. The van der Waals surface area contributed by atoms with Crippen LogP contribution in [0.4, 0.5) is 5.69 Å². The third kappa shape index (κ3) is 2.74. The van der Waals surface area contributed by atoms with Crippen molar-refractivity contribution in [2.24, 2.45) is 0 Å². The van der Waals surface area contributed by atoms with E-state index in [-0.39, 0.29) is 0 Å². The Morgan fingerprint density at radius 3 is 2.94 bits per heavy atom. The fourth-order valence-corrected chi connectivity index (χ4v) is 2.49. The third-order valence-corrected chi connectivity index (χ3v) is 3.40. The summed E-state index contributed by atoms with van der Waals surface area (Å²) in [5.74, 6) is 0. The van der Waals surface area contributed by atoms with Gasteiger partial charge in [0.05, 0.1) is 17.3 Å². The van der Waals surface area contributed by atoms with Crippen molar-refractivity contribution in [3.63, 3.8) is 0 Å². The number of aldehydes is 1. The van der Waals surface area contributed by atoms with Crippen LogP contribution in [0.5, 0.6) is 0 Å². The molecule has 4 heteroatoms. The van der Waals surface area contributed by atoms with Crippen LogP contribution < -0.4 is 4.90 Å². The molecular weight excluding hydrogens is 250 g/mol. The Labute approximate surface area is 112 Å². The van der Waals surface area contributed by atoms with Gasteiger partial charge in [-0.1, -0.05) is 23.7 Å². The van der Waals surface area contributed by atoms with Gasteiger partial charge in [-0.3, -0.25) is 4.79 Å². The van der Waals surface area contributed by atoms with Crippen LogP contribution in [0.3, 0.4) is 0 Å². The number of anilines is 1. The predicted octanol–water partition coefficient (Wildman–Crippen LogP) is 2.94. The highest BCUT2D eigenvalue weighted by Gasteiger charge is 2.17. The number of nitrogens with zero attached hydrogens (tertiary/aromatic N) is 1. The van der Waals surface area contributed by atoms with Gasteiger partial charge in [0.25, 0.3) is 0 Å². The monoisotopic (exact) mass is 265 g/mol. The largest absolute Gasteiger partial charge is 0.380 e. The van der Waals surface area contributed by atoms with Crippen LogP contribution in [0.15, 0.2) is 29.8 Å². The molecule has 0 aromatic heterocycles. The molecule has 0 spiro atoms. The summed E-state index contributed by atoms with van der Waals surface area (Å²) in [7, 11) is 1.70. The van der Waals surface area contributed by atoms with Crippen molar-refractivity contribution in [2.45, 2.75) is 6.42 Å². The van der Waals surface area contributed by atoms with Crippen LogP contribution in [0, 0.1) is 0 Å². The Balaban J connectivity index is 2.22. The van der Waals surface area contributed by atoms with Crippen LogP contribution in [-0.4, -0.2) is 33.1 Å². The molecule has 0 bridgehead atoms. The molecular formula is C14H16ClNO2. The van der Waals surface area contributed by atoms with Crippen LogP contribution in [0.2, 0.25) is 5.02 Å². The first-order valence-corrected chi connectivity index (χ1v) is 6.29. The number of methoxy groups -OCH3 is 1. The van der Waals surface area contributed by atoms with E-state index in [0.29, 0.717) is 17.2 Å². The van der Waals surface area contributed by atoms with Crippen molar-refractivity contribution in [1.82, 2.24) is 0 Å². The third-order valence-electron chi connectivity index (χ3n) is 3.09. The minimum atomic E-state index is 0.628. The second kappa shape index (κ2) is 6.03. The lowest BCUT2D eigenvalue weighted by atomic mass is 10.1. The van der Waals surface area contributed by atoms with Gasteiger partial charge in [0, 0.05) is 25.8 Å². The van der Waals surface area contributed by atoms with Gasteiger partial charge in [-0.2, -0.15) is 0 Å². The summed E-state index contributed by atoms with van der Waals surface area (Å²) in [4.78, 5) is 13.2. The molecule has 0 radical (unpaired) electrons. The minimum Gasteiger partial charge on any atom is -0.380 e. The summed E-state index contributed by atoms with van der Waals surface area (Å²) in [6.45, 7) is 2.31. The second-order valence-corrected chi connectivity index (χ2v) is 4.69. The summed E-state index contributed by atoms with van der Waals surface area (Å²) in [6.07, 6.45) is 3.94. The molecule has 1 aliphatic heterocycles. The van der Waals surface area contributed by atoms with Gasteiger partial charge in [-0.05, 0) is 24.1 Å². The Kier molecular flexibility index (Phi) is 4.39. The van der Waals surface area contributed by atoms with Crippen LogP contribution in [0.1, 0.15) is 16.8 Å². The maximum Gasteiger partial charge on any atom is 0.152 e. The van der Waals surface area contributed by atoms with Crippen molar-refractivity contribution in [3.05, 3.63) is 40.4 Å². The Morgan fingerprint density at radius 1 is 1.50 bits per heavy atom. The maximum atomic E-state index is 11.1. The molecule has 1 heterocycles. The van der Waals surface area contributed by atoms with E-state index in [2.05, 4.69) is 11.0 Å². The molecule has 0 aliphatic carbocycles. The molecule has 1 aliphatic rings. The molecule has 1 aromatic carbocycles. The van der Waals surface area contributed by atoms with E-state index in [1.54, 1.807) is 19.2 Å². The number of ether oxygens (including phenoxy) is 1. The van der Waals surface area contributed by atoms with Crippen molar-refractivity contribution < 1.29 is 9.53 Å². The van der Waals surface area contributed by atoms with Gasteiger partial charge < -0.3 is 9.64 Å². The highest BCUT2D eigenvalue weighted by atomic mass is 35.5. The fourth-order valence-electron chi connectivity index (χ4n) is 2.19. The van der Waals surface area contributed by atoms with Gasteiger partial charge in [0.1, 0.15) is 0 Å². The van der Waals surface area contributed by atoms with Crippen molar-refractivity contribution in [2.75, 3.05) is 31.7 Å².